The monoisotopic (exact) mass is 324 g/mol. The minimum Gasteiger partial charge on any atom is -0.336 e. The molecule has 1 aliphatic rings. The van der Waals surface area contributed by atoms with E-state index in [1.54, 1.807) is 6.07 Å². The van der Waals surface area contributed by atoms with Gasteiger partial charge in [0.2, 0.25) is 10.0 Å². The number of piperidine rings is 1. The highest BCUT2D eigenvalue weighted by Crippen LogP contribution is 2.26. The number of pyridine rings is 1. The lowest BCUT2D eigenvalue weighted by Gasteiger charge is -2.31. The molecule has 2 N–H and O–H groups in total. The van der Waals surface area contributed by atoms with Gasteiger partial charge in [0.1, 0.15) is 4.90 Å². The van der Waals surface area contributed by atoms with Crippen molar-refractivity contribution in [2.45, 2.75) is 31.1 Å². The third-order valence-corrected chi connectivity index (χ3v) is 6.00. The molecule has 7 nitrogen and oxygen atoms in total. The Hall–Kier alpha value is -1.51. The molecule has 1 aliphatic heterocycles. The van der Waals surface area contributed by atoms with Crippen molar-refractivity contribution in [1.82, 2.24) is 14.4 Å². The number of fused-ring (bicyclic) bond motifs is 1. The van der Waals surface area contributed by atoms with Gasteiger partial charge >= 0.3 is 0 Å². The highest BCUT2D eigenvalue weighted by molar-refractivity contribution is 7.89. The molecule has 1 atom stereocenters. The van der Waals surface area contributed by atoms with Crippen LogP contribution in [0.1, 0.15) is 25.5 Å². The molecule has 120 valence electrons. The average molecular weight is 324 g/mol. The van der Waals surface area contributed by atoms with Crippen molar-refractivity contribution < 1.29 is 12.9 Å². The Morgan fingerprint density at radius 3 is 3.05 bits per heavy atom. The molecular weight excluding hydrogens is 304 g/mol. The molecule has 0 amide bonds. The number of nitrogens with zero attached hydrogens (tertiary/aromatic N) is 3. The maximum atomic E-state index is 12.8. The lowest BCUT2D eigenvalue weighted by atomic mass is 10.0. The van der Waals surface area contributed by atoms with Gasteiger partial charge in [-0.1, -0.05) is 12.1 Å². The minimum atomic E-state index is -3.55. The molecule has 1 saturated heterocycles. The van der Waals surface area contributed by atoms with Gasteiger partial charge < -0.3 is 10.3 Å². The van der Waals surface area contributed by atoms with E-state index in [1.165, 1.54) is 10.5 Å². The van der Waals surface area contributed by atoms with Crippen LogP contribution in [0, 0.1) is 5.92 Å². The van der Waals surface area contributed by atoms with E-state index >= 15 is 0 Å². The van der Waals surface area contributed by atoms with Crippen molar-refractivity contribution in [1.29, 1.82) is 0 Å². The molecule has 0 saturated carbocycles. The molecule has 0 bridgehead atoms. The predicted molar refractivity (Wildman–Crippen MR) is 81.7 cm³/mol. The van der Waals surface area contributed by atoms with E-state index in [2.05, 4.69) is 10.1 Å². The smallest absolute Gasteiger partial charge is 0.258 e. The van der Waals surface area contributed by atoms with Crippen LogP contribution in [0.2, 0.25) is 0 Å². The molecule has 8 heteroatoms. The molecule has 1 fully saturated rings. The summed E-state index contributed by atoms with van der Waals surface area (Å²) >= 11 is 0. The second kappa shape index (κ2) is 5.94. The van der Waals surface area contributed by atoms with Crippen LogP contribution in [0.5, 0.6) is 0 Å². The van der Waals surface area contributed by atoms with Gasteiger partial charge in [0, 0.05) is 13.1 Å². The number of sulfonamides is 1. The first-order chi connectivity index (χ1) is 10.6. The maximum Gasteiger partial charge on any atom is 0.258 e. The maximum absolute atomic E-state index is 12.8. The van der Waals surface area contributed by atoms with Gasteiger partial charge in [-0.05, 0) is 37.8 Å². The molecule has 0 radical (unpaired) electrons. The molecule has 0 spiro atoms. The molecule has 3 rings (SSSR count). The number of nitrogens with two attached hydrogens (primary N) is 1. The number of hydrogen-bond donors (Lipinski definition) is 1. The van der Waals surface area contributed by atoms with Crippen molar-refractivity contribution >= 4 is 21.1 Å². The minimum absolute atomic E-state index is 0.190. The van der Waals surface area contributed by atoms with Gasteiger partial charge in [-0.2, -0.15) is 4.31 Å². The van der Waals surface area contributed by atoms with Crippen molar-refractivity contribution in [3.8, 4) is 0 Å². The fraction of sp³-hybridized carbons (Fsp3) is 0.571. The molecule has 3 heterocycles. The van der Waals surface area contributed by atoms with Crippen molar-refractivity contribution in [2.75, 3.05) is 19.6 Å². The Balaban J connectivity index is 1.97. The average Bonchev–Trinajstić information content (AvgIpc) is 2.97. The predicted octanol–water partition coefficient (Wildman–Crippen LogP) is 1.14. The highest BCUT2D eigenvalue weighted by atomic mass is 32.2. The number of aryl methyl sites for hydroxylation is 1. The third-order valence-electron chi connectivity index (χ3n) is 4.17. The second-order valence-electron chi connectivity index (χ2n) is 5.61. The summed E-state index contributed by atoms with van der Waals surface area (Å²) in [5.41, 5.74) is 6.78. The Morgan fingerprint density at radius 1 is 1.50 bits per heavy atom. The Labute approximate surface area is 129 Å². The zero-order valence-corrected chi connectivity index (χ0v) is 13.3. The molecule has 0 aromatic carbocycles. The lowest BCUT2D eigenvalue weighted by molar-refractivity contribution is 0.271. The first kappa shape index (κ1) is 15.4. The van der Waals surface area contributed by atoms with Crippen LogP contribution in [-0.2, 0) is 16.4 Å². The molecule has 2 aromatic heterocycles. The van der Waals surface area contributed by atoms with Crippen LogP contribution in [0.25, 0.3) is 11.1 Å². The van der Waals surface area contributed by atoms with E-state index in [4.69, 9.17) is 10.3 Å². The summed E-state index contributed by atoms with van der Waals surface area (Å²) in [6.45, 7) is 3.45. The standard InChI is InChI=1S/C14H20N4O3S/c1-2-13-12-6-11(8-16-14(12)21-17-13)22(19,20)18-5-3-4-10(7-15)9-18/h6,8,10H,2-5,7,9,15H2,1H3. The van der Waals surface area contributed by atoms with E-state index in [9.17, 15) is 8.42 Å². The fourth-order valence-electron chi connectivity index (χ4n) is 2.84. The first-order valence-corrected chi connectivity index (χ1v) is 8.94. The summed E-state index contributed by atoms with van der Waals surface area (Å²) < 4.78 is 32.2. The molecular formula is C14H20N4O3S. The summed E-state index contributed by atoms with van der Waals surface area (Å²) in [4.78, 5) is 4.28. The number of aromatic nitrogens is 2. The SMILES string of the molecule is CCc1noc2ncc(S(=O)(=O)N3CCCC(CN)C3)cc12. The van der Waals surface area contributed by atoms with Crippen LogP contribution in [0.15, 0.2) is 21.7 Å². The zero-order chi connectivity index (χ0) is 15.7. The third kappa shape index (κ3) is 2.62. The van der Waals surface area contributed by atoms with Gasteiger partial charge in [0.05, 0.1) is 17.3 Å². The quantitative estimate of drug-likeness (QED) is 0.905. The van der Waals surface area contributed by atoms with E-state index in [0.29, 0.717) is 37.2 Å². The normalized spacial score (nSPS) is 20.5. The zero-order valence-electron chi connectivity index (χ0n) is 12.5. The van der Waals surface area contributed by atoms with Crippen LogP contribution in [-0.4, -0.2) is 42.5 Å². The summed E-state index contributed by atoms with van der Waals surface area (Å²) in [6.07, 6.45) is 3.82. The topological polar surface area (TPSA) is 102 Å². The number of rotatable bonds is 4. The van der Waals surface area contributed by atoms with Crippen LogP contribution < -0.4 is 5.73 Å². The van der Waals surface area contributed by atoms with Crippen LogP contribution in [0.3, 0.4) is 0 Å². The Bertz CT molecular complexity index is 771. The van der Waals surface area contributed by atoms with E-state index in [-0.39, 0.29) is 10.8 Å². The van der Waals surface area contributed by atoms with Gasteiger partial charge in [0.15, 0.2) is 0 Å². The summed E-state index contributed by atoms with van der Waals surface area (Å²) in [5.74, 6) is 0.224. The summed E-state index contributed by atoms with van der Waals surface area (Å²) in [7, 11) is -3.55. The number of hydrogen-bond acceptors (Lipinski definition) is 6. The van der Waals surface area contributed by atoms with E-state index in [0.717, 1.165) is 18.5 Å². The van der Waals surface area contributed by atoms with Gasteiger partial charge in [-0.3, -0.25) is 0 Å². The van der Waals surface area contributed by atoms with Gasteiger partial charge in [-0.25, -0.2) is 13.4 Å². The highest BCUT2D eigenvalue weighted by Gasteiger charge is 2.30. The van der Waals surface area contributed by atoms with Crippen molar-refractivity contribution in [2.24, 2.45) is 11.7 Å². The van der Waals surface area contributed by atoms with Crippen molar-refractivity contribution in [3.05, 3.63) is 18.0 Å². The molecule has 0 aliphatic carbocycles. The van der Waals surface area contributed by atoms with Gasteiger partial charge in [-0.15, -0.1) is 0 Å². The second-order valence-corrected chi connectivity index (χ2v) is 7.55. The van der Waals surface area contributed by atoms with Crippen molar-refractivity contribution in [3.63, 3.8) is 0 Å². The van der Waals surface area contributed by atoms with E-state index in [1.807, 2.05) is 6.92 Å². The first-order valence-electron chi connectivity index (χ1n) is 7.50. The van der Waals surface area contributed by atoms with Gasteiger partial charge in [0.25, 0.3) is 5.71 Å². The largest absolute Gasteiger partial charge is 0.336 e. The Morgan fingerprint density at radius 2 is 2.32 bits per heavy atom. The molecule has 1 unspecified atom stereocenters. The Kier molecular flexibility index (Phi) is 4.16. The molecule has 2 aromatic rings. The lowest BCUT2D eigenvalue weighted by Crippen LogP contribution is -2.41. The summed E-state index contributed by atoms with van der Waals surface area (Å²) in [6, 6.07) is 1.61. The molecule has 22 heavy (non-hydrogen) atoms. The fourth-order valence-corrected chi connectivity index (χ4v) is 4.37. The van der Waals surface area contributed by atoms with Crippen LogP contribution >= 0.6 is 0 Å². The summed E-state index contributed by atoms with van der Waals surface area (Å²) in [5, 5.41) is 4.58. The van der Waals surface area contributed by atoms with Crippen LogP contribution in [0.4, 0.5) is 0 Å². The van der Waals surface area contributed by atoms with E-state index < -0.39 is 10.0 Å².